The number of fused-ring (bicyclic) bond motifs is 2. The number of nitro benzene ring substituents is 2. The van der Waals surface area contributed by atoms with Crippen LogP contribution in [0, 0.1) is 20.2 Å². The molecule has 0 N–H and O–H groups in total. The van der Waals surface area contributed by atoms with Crippen LogP contribution in [0.2, 0.25) is 0 Å². The first kappa shape index (κ1) is 16.8. The van der Waals surface area contributed by atoms with Gasteiger partial charge in [-0.15, -0.1) is 0 Å². The van der Waals surface area contributed by atoms with Gasteiger partial charge in [0.15, 0.2) is 0 Å². The molecule has 8 heteroatoms. The van der Waals surface area contributed by atoms with Crippen molar-refractivity contribution in [1.82, 2.24) is 0 Å². The Morgan fingerprint density at radius 3 is 1.56 bits per heavy atom. The molecule has 0 bridgehead atoms. The van der Waals surface area contributed by atoms with Gasteiger partial charge in [-0.1, -0.05) is 0 Å². The summed E-state index contributed by atoms with van der Waals surface area (Å²) in [5.41, 5.74) is 2.58. The van der Waals surface area contributed by atoms with E-state index in [2.05, 4.69) is 0 Å². The van der Waals surface area contributed by atoms with Gasteiger partial charge in [0, 0.05) is 46.5 Å². The van der Waals surface area contributed by atoms with Crippen LogP contribution in [-0.4, -0.2) is 15.6 Å². The SMILES string of the molecule is CC1=Cc2cc([N+](=O)[O-])ccc2OC12Oc1ccc([N+](=O)[O-])cc1C=C2C. The topological polar surface area (TPSA) is 105 Å². The van der Waals surface area contributed by atoms with Gasteiger partial charge in [-0.2, -0.15) is 0 Å². The monoisotopic (exact) mass is 366 g/mol. The van der Waals surface area contributed by atoms with Crippen molar-refractivity contribution in [3.63, 3.8) is 0 Å². The number of non-ortho nitro benzene ring substituents is 2. The third-order valence-electron chi connectivity index (χ3n) is 4.70. The number of rotatable bonds is 2. The van der Waals surface area contributed by atoms with E-state index in [4.69, 9.17) is 9.47 Å². The summed E-state index contributed by atoms with van der Waals surface area (Å²) in [6.07, 6.45) is 3.58. The van der Waals surface area contributed by atoms with Gasteiger partial charge >= 0.3 is 0 Å². The molecule has 2 aliphatic heterocycles. The van der Waals surface area contributed by atoms with E-state index in [1.165, 1.54) is 24.3 Å². The zero-order valence-electron chi connectivity index (χ0n) is 14.5. The van der Waals surface area contributed by atoms with E-state index in [1.54, 1.807) is 24.3 Å². The lowest BCUT2D eigenvalue weighted by Gasteiger charge is -2.41. The molecular weight excluding hydrogens is 352 g/mol. The summed E-state index contributed by atoms with van der Waals surface area (Å²) in [5, 5.41) is 22.0. The maximum atomic E-state index is 11.0. The molecule has 1 spiro atoms. The average molecular weight is 366 g/mol. The Labute approximate surface area is 153 Å². The lowest BCUT2D eigenvalue weighted by atomic mass is 9.90. The van der Waals surface area contributed by atoms with E-state index in [1.807, 2.05) is 13.8 Å². The van der Waals surface area contributed by atoms with Crippen molar-refractivity contribution in [3.05, 3.63) is 78.9 Å². The Hall–Kier alpha value is -3.68. The van der Waals surface area contributed by atoms with E-state index in [0.29, 0.717) is 33.8 Å². The maximum Gasteiger partial charge on any atom is 0.297 e. The molecule has 0 saturated carbocycles. The molecule has 4 rings (SSSR count). The summed E-state index contributed by atoms with van der Waals surface area (Å²) in [5.74, 6) is -0.264. The summed E-state index contributed by atoms with van der Waals surface area (Å²) < 4.78 is 12.3. The minimum Gasteiger partial charge on any atom is -0.444 e. The Bertz CT molecular complexity index is 984. The highest BCUT2D eigenvalue weighted by Crippen LogP contribution is 2.46. The van der Waals surface area contributed by atoms with Gasteiger partial charge < -0.3 is 9.47 Å². The first-order valence-electron chi connectivity index (χ1n) is 8.12. The first-order chi connectivity index (χ1) is 12.8. The Kier molecular flexibility index (Phi) is 3.52. The number of nitro groups is 2. The van der Waals surface area contributed by atoms with Crippen molar-refractivity contribution >= 4 is 23.5 Å². The van der Waals surface area contributed by atoms with Crippen LogP contribution >= 0.6 is 0 Å². The van der Waals surface area contributed by atoms with Crippen molar-refractivity contribution in [1.29, 1.82) is 0 Å². The molecule has 2 heterocycles. The van der Waals surface area contributed by atoms with E-state index in [9.17, 15) is 20.2 Å². The lowest BCUT2D eigenvalue weighted by Crippen LogP contribution is -2.47. The smallest absolute Gasteiger partial charge is 0.297 e. The quantitative estimate of drug-likeness (QED) is 0.573. The highest BCUT2D eigenvalue weighted by Gasteiger charge is 2.45. The number of benzene rings is 2. The predicted octanol–water partition coefficient (Wildman–Crippen LogP) is 4.49. The fourth-order valence-electron chi connectivity index (χ4n) is 3.33. The number of ether oxygens (including phenoxy) is 2. The highest BCUT2D eigenvalue weighted by atomic mass is 16.7. The van der Waals surface area contributed by atoms with Gasteiger partial charge in [-0.25, -0.2) is 0 Å². The van der Waals surface area contributed by atoms with Crippen LogP contribution in [0.5, 0.6) is 11.5 Å². The van der Waals surface area contributed by atoms with Crippen molar-refractivity contribution in [2.45, 2.75) is 19.6 Å². The van der Waals surface area contributed by atoms with E-state index in [-0.39, 0.29) is 11.4 Å². The summed E-state index contributed by atoms with van der Waals surface area (Å²) in [6.45, 7) is 3.63. The molecule has 0 saturated heterocycles. The summed E-state index contributed by atoms with van der Waals surface area (Å²) in [4.78, 5) is 21.1. The summed E-state index contributed by atoms with van der Waals surface area (Å²) >= 11 is 0. The Morgan fingerprint density at radius 1 is 0.778 bits per heavy atom. The first-order valence-corrected chi connectivity index (χ1v) is 8.12. The molecule has 136 valence electrons. The van der Waals surface area contributed by atoms with E-state index >= 15 is 0 Å². The molecule has 0 aliphatic carbocycles. The molecule has 0 unspecified atom stereocenters. The average Bonchev–Trinajstić information content (AvgIpc) is 2.62. The minimum absolute atomic E-state index is 0.0215. The number of hydrogen-bond acceptors (Lipinski definition) is 6. The highest BCUT2D eigenvalue weighted by molar-refractivity contribution is 5.73. The van der Waals surface area contributed by atoms with Crippen LogP contribution in [0.3, 0.4) is 0 Å². The number of nitrogens with zero attached hydrogens (tertiary/aromatic N) is 2. The van der Waals surface area contributed by atoms with Crippen LogP contribution in [0.25, 0.3) is 12.2 Å². The van der Waals surface area contributed by atoms with Crippen molar-refractivity contribution in [3.8, 4) is 11.5 Å². The molecule has 0 aromatic heterocycles. The molecule has 0 atom stereocenters. The van der Waals surface area contributed by atoms with Crippen LogP contribution in [0.15, 0.2) is 47.5 Å². The maximum absolute atomic E-state index is 11.0. The second-order valence-electron chi connectivity index (χ2n) is 6.43. The second-order valence-corrected chi connectivity index (χ2v) is 6.43. The van der Waals surface area contributed by atoms with Gasteiger partial charge in [-0.3, -0.25) is 20.2 Å². The van der Waals surface area contributed by atoms with Gasteiger partial charge in [0.2, 0.25) is 0 Å². The predicted molar refractivity (Wildman–Crippen MR) is 97.5 cm³/mol. The fourth-order valence-corrected chi connectivity index (χ4v) is 3.33. The molecule has 0 radical (unpaired) electrons. The molecule has 27 heavy (non-hydrogen) atoms. The van der Waals surface area contributed by atoms with E-state index in [0.717, 1.165) is 0 Å². The zero-order chi connectivity index (χ0) is 19.3. The van der Waals surface area contributed by atoms with Gasteiger partial charge in [0.05, 0.1) is 9.85 Å². The molecule has 8 nitrogen and oxygen atoms in total. The normalized spacial score (nSPS) is 16.2. The van der Waals surface area contributed by atoms with Crippen LogP contribution < -0.4 is 9.47 Å². The third kappa shape index (κ3) is 2.53. The van der Waals surface area contributed by atoms with Crippen molar-refractivity contribution < 1.29 is 19.3 Å². The third-order valence-corrected chi connectivity index (χ3v) is 4.70. The van der Waals surface area contributed by atoms with Crippen LogP contribution in [0.1, 0.15) is 25.0 Å². The van der Waals surface area contributed by atoms with E-state index < -0.39 is 15.6 Å². The minimum atomic E-state index is -1.19. The van der Waals surface area contributed by atoms with Gasteiger partial charge in [-0.05, 0) is 38.1 Å². The standard InChI is InChI=1S/C19H14N2O6/c1-11-7-13-9-15(20(22)23)3-5-17(13)26-19(11)12(2)8-14-10-16(21(24)25)4-6-18(14)27-19/h3-10H,1-2H3. The zero-order valence-corrected chi connectivity index (χ0v) is 14.5. The van der Waals surface area contributed by atoms with Gasteiger partial charge in [0.1, 0.15) is 11.5 Å². The largest absolute Gasteiger partial charge is 0.444 e. The van der Waals surface area contributed by atoms with Crippen molar-refractivity contribution in [2.75, 3.05) is 0 Å². The van der Waals surface area contributed by atoms with Crippen molar-refractivity contribution in [2.24, 2.45) is 0 Å². The fraction of sp³-hybridized carbons (Fsp3) is 0.158. The summed E-state index contributed by atoms with van der Waals surface area (Å²) in [7, 11) is 0. The summed E-state index contributed by atoms with van der Waals surface area (Å²) in [6, 6.07) is 8.73. The Balaban J connectivity index is 1.79. The second kappa shape index (κ2) is 5.66. The van der Waals surface area contributed by atoms with Crippen LogP contribution in [0.4, 0.5) is 11.4 Å². The number of hydrogen-bond donors (Lipinski definition) is 0. The van der Waals surface area contributed by atoms with Gasteiger partial charge in [0.25, 0.3) is 17.2 Å². The lowest BCUT2D eigenvalue weighted by molar-refractivity contribution is -0.385. The molecule has 2 aromatic rings. The molecule has 2 aromatic carbocycles. The molecular formula is C19H14N2O6. The molecule has 0 amide bonds. The molecule has 2 aliphatic rings. The van der Waals surface area contributed by atoms with Crippen LogP contribution in [-0.2, 0) is 0 Å². The molecule has 0 fully saturated rings. The Morgan fingerprint density at radius 2 is 1.19 bits per heavy atom.